The SMILES string of the molecule is CCC(C)NC(=O)CN1CCN(c2ccc(S(=O)(=O)NC)cc2[N+](=O)[O-])CC1. The van der Waals surface area contributed by atoms with E-state index in [-0.39, 0.29) is 22.5 Å². The number of sulfonamides is 1. The van der Waals surface area contributed by atoms with E-state index in [1.54, 1.807) is 0 Å². The Labute approximate surface area is 165 Å². The molecule has 1 unspecified atom stereocenters. The van der Waals surface area contributed by atoms with Crippen LogP contribution in [0.1, 0.15) is 20.3 Å². The van der Waals surface area contributed by atoms with Crippen LogP contribution in [0.25, 0.3) is 0 Å². The highest BCUT2D eigenvalue weighted by Gasteiger charge is 2.27. The number of carbonyl (C=O) groups is 1. The Morgan fingerprint density at radius 2 is 1.93 bits per heavy atom. The van der Waals surface area contributed by atoms with Gasteiger partial charge in [0, 0.05) is 38.3 Å². The van der Waals surface area contributed by atoms with E-state index in [1.807, 2.05) is 23.6 Å². The van der Waals surface area contributed by atoms with Crippen LogP contribution in [-0.2, 0) is 14.8 Å². The predicted octanol–water partition coefficient (Wildman–Crippen LogP) is 0.540. The standard InChI is InChI=1S/C17H27N5O5S/c1-4-13(2)19-17(23)12-20-7-9-21(10-8-20)15-6-5-14(28(26,27)18-3)11-16(15)22(24)25/h5-6,11,13,18H,4,7-10,12H2,1-3H3,(H,19,23). The van der Waals surface area contributed by atoms with Gasteiger partial charge in [-0.15, -0.1) is 0 Å². The van der Waals surface area contributed by atoms with Crippen molar-refractivity contribution >= 4 is 27.3 Å². The van der Waals surface area contributed by atoms with E-state index in [9.17, 15) is 23.3 Å². The minimum absolute atomic E-state index is 0.0320. The summed E-state index contributed by atoms with van der Waals surface area (Å²) in [6.45, 7) is 6.44. The number of hydrogen-bond donors (Lipinski definition) is 2. The summed E-state index contributed by atoms with van der Waals surface area (Å²) >= 11 is 0. The van der Waals surface area contributed by atoms with Crippen molar-refractivity contribution in [1.29, 1.82) is 0 Å². The van der Waals surface area contributed by atoms with Gasteiger partial charge < -0.3 is 10.2 Å². The van der Waals surface area contributed by atoms with Crippen molar-refractivity contribution < 1.29 is 18.1 Å². The third kappa shape index (κ3) is 5.40. The van der Waals surface area contributed by atoms with E-state index in [1.165, 1.54) is 19.2 Å². The number of nitrogens with zero attached hydrogens (tertiary/aromatic N) is 3. The highest BCUT2D eigenvalue weighted by molar-refractivity contribution is 7.89. The first kappa shape index (κ1) is 22.1. The van der Waals surface area contributed by atoms with Crippen molar-refractivity contribution in [3.8, 4) is 0 Å². The van der Waals surface area contributed by atoms with E-state index < -0.39 is 14.9 Å². The lowest BCUT2D eigenvalue weighted by molar-refractivity contribution is -0.384. The number of nitro benzene ring substituents is 1. The Morgan fingerprint density at radius 3 is 2.46 bits per heavy atom. The maximum atomic E-state index is 12.0. The lowest BCUT2D eigenvalue weighted by Crippen LogP contribution is -2.50. The molecule has 0 radical (unpaired) electrons. The number of rotatable bonds is 8. The fourth-order valence-electron chi connectivity index (χ4n) is 2.97. The van der Waals surface area contributed by atoms with Gasteiger partial charge >= 0.3 is 0 Å². The van der Waals surface area contributed by atoms with Crippen LogP contribution >= 0.6 is 0 Å². The van der Waals surface area contributed by atoms with E-state index >= 15 is 0 Å². The van der Waals surface area contributed by atoms with Crippen molar-refractivity contribution in [2.24, 2.45) is 0 Å². The number of hydrogen-bond acceptors (Lipinski definition) is 7. The Morgan fingerprint density at radius 1 is 1.29 bits per heavy atom. The fourth-order valence-corrected chi connectivity index (χ4v) is 3.72. The van der Waals surface area contributed by atoms with Crippen LogP contribution in [0.4, 0.5) is 11.4 Å². The van der Waals surface area contributed by atoms with Crippen LogP contribution in [0, 0.1) is 10.1 Å². The van der Waals surface area contributed by atoms with Crippen molar-refractivity contribution in [2.75, 3.05) is 44.7 Å². The van der Waals surface area contributed by atoms with Crippen LogP contribution < -0.4 is 14.9 Å². The quantitative estimate of drug-likeness (QED) is 0.471. The Bertz CT molecular complexity index is 821. The van der Waals surface area contributed by atoms with Gasteiger partial charge in [0.15, 0.2) is 0 Å². The molecule has 1 aromatic rings. The highest BCUT2D eigenvalue weighted by atomic mass is 32.2. The molecule has 2 N–H and O–H groups in total. The van der Waals surface area contributed by atoms with Gasteiger partial charge in [-0.1, -0.05) is 6.92 Å². The van der Waals surface area contributed by atoms with Gasteiger partial charge in [-0.05, 0) is 32.5 Å². The zero-order valence-electron chi connectivity index (χ0n) is 16.3. The average molecular weight is 414 g/mol. The maximum absolute atomic E-state index is 12.0. The number of anilines is 1. The highest BCUT2D eigenvalue weighted by Crippen LogP contribution is 2.31. The van der Waals surface area contributed by atoms with Gasteiger partial charge in [-0.2, -0.15) is 0 Å². The summed E-state index contributed by atoms with van der Waals surface area (Å²) in [6.07, 6.45) is 0.864. The molecule has 0 aromatic heterocycles. The molecule has 10 nitrogen and oxygen atoms in total. The monoisotopic (exact) mass is 413 g/mol. The summed E-state index contributed by atoms with van der Waals surface area (Å²) in [4.78, 5) is 26.6. The second kappa shape index (κ2) is 9.30. The molecule has 1 aromatic carbocycles. The number of nitrogens with one attached hydrogen (secondary N) is 2. The Balaban J connectivity index is 2.07. The lowest BCUT2D eigenvalue weighted by atomic mass is 10.2. The molecule has 1 fully saturated rings. The van der Waals surface area contributed by atoms with Crippen LogP contribution in [0.2, 0.25) is 0 Å². The van der Waals surface area contributed by atoms with E-state index in [2.05, 4.69) is 10.0 Å². The summed E-state index contributed by atoms with van der Waals surface area (Å²) in [5.41, 5.74) is 0.128. The lowest BCUT2D eigenvalue weighted by Gasteiger charge is -2.35. The first-order chi connectivity index (χ1) is 13.2. The summed E-state index contributed by atoms with van der Waals surface area (Å²) in [5, 5.41) is 14.4. The minimum atomic E-state index is -3.76. The molecule has 1 heterocycles. The molecule has 156 valence electrons. The molecule has 28 heavy (non-hydrogen) atoms. The first-order valence-electron chi connectivity index (χ1n) is 9.16. The minimum Gasteiger partial charge on any atom is -0.363 e. The topological polar surface area (TPSA) is 125 Å². The third-order valence-electron chi connectivity index (χ3n) is 4.82. The largest absolute Gasteiger partial charge is 0.363 e. The molecule has 1 atom stereocenters. The maximum Gasteiger partial charge on any atom is 0.293 e. The van der Waals surface area contributed by atoms with Crippen LogP contribution in [0.5, 0.6) is 0 Å². The van der Waals surface area contributed by atoms with Crippen molar-refractivity contribution in [2.45, 2.75) is 31.2 Å². The molecular formula is C17H27N5O5S. The van der Waals surface area contributed by atoms with Crippen LogP contribution in [0.3, 0.4) is 0 Å². The number of amides is 1. The molecule has 2 rings (SSSR count). The van der Waals surface area contributed by atoms with E-state index in [0.29, 0.717) is 38.4 Å². The number of benzene rings is 1. The van der Waals surface area contributed by atoms with Gasteiger partial charge in [0.1, 0.15) is 5.69 Å². The van der Waals surface area contributed by atoms with Gasteiger partial charge in [-0.3, -0.25) is 19.8 Å². The summed E-state index contributed by atoms with van der Waals surface area (Å²) in [5.74, 6) is -0.0320. The first-order valence-corrected chi connectivity index (χ1v) is 10.6. The smallest absolute Gasteiger partial charge is 0.293 e. The Hall–Kier alpha value is -2.24. The second-order valence-corrected chi connectivity index (χ2v) is 8.64. The Kier molecular flexibility index (Phi) is 7.33. The third-order valence-corrected chi connectivity index (χ3v) is 6.23. The van der Waals surface area contributed by atoms with Gasteiger partial charge in [-0.25, -0.2) is 13.1 Å². The molecule has 0 saturated carbocycles. The summed E-state index contributed by atoms with van der Waals surface area (Å²) in [7, 11) is -2.51. The fraction of sp³-hybridized carbons (Fsp3) is 0.588. The summed E-state index contributed by atoms with van der Waals surface area (Å²) < 4.78 is 26.0. The molecule has 1 aliphatic rings. The molecule has 0 aliphatic carbocycles. The second-order valence-electron chi connectivity index (χ2n) is 6.76. The van der Waals surface area contributed by atoms with Crippen LogP contribution in [-0.4, -0.2) is 70.0 Å². The van der Waals surface area contributed by atoms with Crippen molar-refractivity contribution in [1.82, 2.24) is 14.9 Å². The molecule has 11 heteroatoms. The zero-order valence-corrected chi connectivity index (χ0v) is 17.2. The average Bonchev–Trinajstić information content (AvgIpc) is 2.67. The molecule has 0 spiro atoms. The van der Waals surface area contributed by atoms with Crippen LogP contribution in [0.15, 0.2) is 23.1 Å². The van der Waals surface area contributed by atoms with E-state index in [0.717, 1.165) is 12.5 Å². The van der Waals surface area contributed by atoms with Gasteiger partial charge in [0.05, 0.1) is 16.4 Å². The van der Waals surface area contributed by atoms with Gasteiger partial charge in [0.25, 0.3) is 5.69 Å². The molecular weight excluding hydrogens is 386 g/mol. The zero-order chi connectivity index (χ0) is 20.9. The van der Waals surface area contributed by atoms with Crippen molar-refractivity contribution in [3.05, 3.63) is 28.3 Å². The number of nitro groups is 1. The number of piperazine rings is 1. The molecule has 0 bridgehead atoms. The number of carbonyl (C=O) groups excluding carboxylic acids is 1. The van der Waals surface area contributed by atoms with Gasteiger partial charge in [0.2, 0.25) is 15.9 Å². The summed E-state index contributed by atoms with van der Waals surface area (Å²) in [6, 6.07) is 4.03. The molecule has 1 amide bonds. The normalized spacial score (nSPS) is 16.6. The molecule has 1 saturated heterocycles. The van der Waals surface area contributed by atoms with Crippen molar-refractivity contribution in [3.63, 3.8) is 0 Å². The van der Waals surface area contributed by atoms with E-state index in [4.69, 9.17) is 0 Å². The molecule has 1 aliphatic heterocycles. The predicted molar refractivity (Wildman–Crippen MR) is 106 cm³/mol.